The lowest BCUT2D eigenvalue weighted by Gasteiger charge is -2.24. The van der Waals surface area contributed by atoms with Gasteiger partial charge in [-0.05, 0) is 37.6 Å². The van der Waals surface area contributed by atoms with E-state index in [-0.39, 0.29) is 11.8 Å². The molecule has 1 aliphatic heterocycles. The largest absolute Gasteiger partial charge is 0.481 e. The van der Waals surface area contributed by atoms with Crippen LogP contribution in [0.4, 0.5) is 0 Å². The number of benzene rings is 1. The summed E-state index contributed by atoms with van der Waals surface area (Å²) in [7, 11) is 0. The van der Waals surface area contributed by atoms with Gasteiger partial charge in [-0.15, -0.1) is 0 Å². The summed E-state index contributed by atoms with van der Waals surface area (Å²) in [6.45, 7) is 5.02. The maximum atomic E-state index is 12.4. The van der Waals surface area contributed by atoms with Gasteiger partial charge in [0.05, 0.1) is 0 Å². The summed E-state index contributed by atoms with van der Waals surface area (Å²) in [5.74, 6) is 0.512. The van der Waals surface area contributed by atoms with E-state index in [4.69, 9.17) is 16.3 Å². The summed E-state index contributed by atoms with van der Waals surface area (Å²) in [4.78, 5) is 25.3. The summed E-state index contributed by atoms with van der Waals surface area (Å²) in [5, 5.41) is 3.38. The van der Waals surface area contributed by atoms with Crippen LogP contribution in [-0.4, -0.2) is 42.5 Å². The van der Waals surface area contributed by atoms with Gasteiger partial charge in [-0.2, -0.15) is 0 Å². The Labute approximate surface area is 129 Å². The van der Waals surface area contributed by atoms with Crippen molar-refractivity contribution in [1.82, 2.24) is 10.2 Å². The predicted molar refractivity (Wildman–Crippen MR) is 80.5 cm³/mol. The molecule has 114 valence electrons. The number of nitrogens with zero attached hydrogens (tertiary/aromatic N) is 1. The second kappa shape index (κ2) is 6.80. The molecule has 1 atom stereocenters. The average Bonchev–Trinajstić information content (AvgIpc) is 2.66. The molecule has 6 heteroatoms. The van der Waals surface area contributed by atoms with Gasteiger partial charge in [0, 0.05) is 31.1 Å². The van der Waals surface area contributed by atoms with Gasteiger partial charge < -0.3 is 15.0 Å². The number of aryl methyl sites for hydroxylation is 1. The third kappa shape index (κ3) is 4.11. The van der Waals surface area contributed by atoms with Crippen LogP contribution in [0.2, 0.25) is 5.02 Å². The van der Waals surface area contributed by atoms with E-state index < -0.39 is 6.10 Å². The molecule has 5 nitrogen and oxygen atoms in total. The summed E-state index contributed by atoms with van der Waals surface area (Å²) in [5.41, 5.74) is 0.884. The molecule has 0 aliphatic carbocycles. The molecule has 0 bridgehead atoms. The summed E-state index contributed by atoms with van der Waals surface area (Å²) < 4.78 is 5.73. The van der Waals surface area contributed by atoms with Crippen molar-refractivity contribution in [2.24, 2.45) is 0 Å². The average molecular weight is 311 g/mol. The van der Waals surface area contributed by atoms with E-state index >= 15 is 0 Å². The summed E-state index contributed by atoms with van der Waals surface area (Å²) in [6, 6.07) is 5.28. The van der Waals surface area contributed by atoms with Gasteiger partial charge in [-0.25, -0.2) is 0 Å². The van der Waals surface area contributed by atoms with Crippen LogP contribution in [0.5, 0.6) is 5.75 Å². The van der Waals surface area contributed by atoms with Crippen LogP contribution < -0.4 is 10.1 Å². The Balaban J connectivity index is 2.00. The van der Waals surface area contributed by atoms with E-state index in [1.807, 2.05) is 6.92 Å². The van der Waals surface area contributed by atoms with Gasteiger partial charge in [0.2, 0.25) is 5.91 Å². The molecule has 21 heavy (non-hydrogen) atoms. The Hall–Kier alpha value is -1.75. The van der Waals surface area contributed by atoms with E-state index in [0.29, 0.717) is 36.8 Å². The Morgan fingerprint density at radius 1 is 1.43 bits per heavy atom. The molecule has 0 spiro atoms. The van der Waals surface area contributed by atoms with Crippen molar-refractivity contribution >= 4 is 23.4 Å². The highest BCUT2D eigenvalue weighted by atomic mass is 35.5. The van der Waals surface area contributed by atoms with Crippen molar-refractivity contribution in [3.05, 3.63) is 28.8 Å². The normalized spacial score (nSPS) is 16.9. The molecule has 2 amide bonds. The van der Waals surface area contributed by atoms with Crippen molar-refractivity contribution in [3.8, 4) is 5.75 Å². The fraction of sp³-hybridized carbons (Fsp3) is 0.467. The third-order valence-corrected chi connectivity index (χ3v) is 3.65. The fourth-order valence-corrected chi connectivity index (χ4v) is 2.46. The number of nitrogens with one attached hydrogen (secondary N) is 1. The van der Waals surface area contributed by atoms with Crippen molar-refractivity contribution in [2.45, 2.75) is 26.4 Å². The van der Waals surface area contributed by atoms with E-state index in [1.165, 1.54) is 0 Å². The van der Waals surface area contributed by atoms with E-state index in [0.717, 1.165) is 5.56 Å². The fourth-order valence-electron chi connectivity index (χ4n) is 2.23. The number of carbonyl (C=O) groups is 2. The molecule has 1 aromatic rings. The third-order valence-electron chi connectivity index (χ3n) is 3.41. The topological polar surface area (TPSA) is 58.6 Å². The number of ether oxygens (including phenoxy) is 1. The van der Waals surface area contributed by atoms with E-state index in [1.54, 1.807) is 30.0 Å². The molecule has 0 radical (unpaired) electrons. The van der Waals surface area contributed by atoms with E-state index in [2.05, 4.69) is 5.32 Å². The Bertz CT molecular complexity index is 548. The zero-order chi connectivity index (χ0) is 15.4. The lowest BCUT2D eigenvalue weighted by molar-refractivity contribution is -0.137. The molecule has 2 rings (SSSR count). The van der Waals surface area contributed by atoms with Gasteiger partial charge in [0.25, 0.3) is 5.91 Å². The number of hydrogen-bond donors (Lipinski definition) is 1. The van der Waals surface area contributed by atoms with Gasteiger partial charge >= 0.3 is 0 Å². The maximum Gasteiger partial charge on any atom is 0.263 e. The first-order valence-electron chi connectivity index (χ1n) is 6.95. The number of hydrogen-bond acceptors (Lipinski definition) is 3. The van der Waals surface area contributed by atoms with Gasteiger partial charge in [0.15, 0.2) is 6.10 Å². The van der Waals surface area contributed by atoms with Crippen LogP contribution in [0.1, 0.15) is 18.9 Å². The highest BCUT2D eigenvalue weighted by Gasteiger charge is 2.24. The molecule has 1 unspecified atom stereocenters. The van der Waals surface area contributed by atoms with Crippen LogP contribution >= 0.6 is 11.6 Å². The quantitative estimate of drug-likeness (QED) is 0.925. The maximum absolute atomic E-state index is 12.4. The van der Waals surface area contributed by atoms with Crippen LogP contribution in [0.25, 0.3) is 0 Å². The van der Waals surface area contributed by atoms with Crippen LogP contribution in [0.15, 0.2) is 18.2 Å². The van der Waals surface area contributed by atoms with Crippen LogP contribution in [0.3, 0.4) is 0 Å². The Morgan fingerprint density at radius 3 is 2.90 bits per heavy atom. The lowest BCUT2D eigenvalue weighted by Crippen LogP contribution is -2.42. The first kappa shape index (κ1) is 15.6. The van der Waals surface area contributed by atoms with Crippen LogP contribution in [-0.2, 0) is 9.59 Å². The predicted octanol–water partition coefficient (Wildman–Crippen LogP) is 1.76. The Kier molecular flexibility index (Phi) is 5.07. The molecule has 0 aromatic heterocycles. The standard InChI is InChI=1S/C15H19ClN2O3/c1-10-9-12(16)3-4-13(10)21-11(2)15(20)18-7-5-14(19)17-6-8-18/h3-4,9,11H,5-8H2,1-2H3,(H,17,19). The molecule has 0 saturated carbocycles. The van der Waals surface area contributed by atoms with Crippen LogP contribution in [0, 0.1) is 6.92 Å². The summed E-state index contributed by atoms with van der Waals surface area (Å²) >= 11 is 5.90. The molecule has 1 saturated heterocycles. The van der Waals surface area contributed by atoms with Gasteiger partial charge in [0.1, 0.15) is 5.75 Å². The minimum absolute atomic E-state index is 0.0209. The molecule has 1 fully saturated rings. The minimum Gasteiger partial charge on any atom is -0.481 e. The highest BCUT2D eigenvalue weighted by molar-refractivity contribution is 6.30. The van der Waals surface area contributed by atoms with Crippen molar-refractivity contribution in [2.75, 3.05) is 19.6 Å². The number of halogens is 1. The van der Waals surface area contributed by atoms with Crippen molar-refractivity contribution in [1.29, 1.82) is 0 Å². The zero-order valence-electron chi connectivity index (χ0n) is 12.2. The number of amides is 2. The first-order chi connectivity index (χ1) is 9.97. The number of carbonyl (C=O) groups excluding carboxylic acids is 2. The smallest absolute Gasteiger partial charge is 0.263 e. The molecule has 1 aliphatic rings. The van der Waals surface area contributed by atoms with Crippen molar-refractivity contribution < 1.29 is 14.3 Å². The second-order valence-corrected chi connectivity index (χ2v) is 5.53. The molecular weight excluding hydrogens is 292 g/mol. The minimum atomic E-state index is -0.599. The van der Waals surface area contributed by atoms with Gasteiger partial charge in [-0.1, -0.05) is 11.6 Å². The summed E-state index contributed by atoms with van der Waals surface area (Å²) in [6.07, 6.45) is -0.267. The molecule has 1 aromatic carbocycles. The molecule has 1 heterocycles. The first-order valence-corrected chi connectivity index (χ1v) is 7.33. The lowest BCUT2D eigenvalue weighted by atomic mass is 10.2. The zero-order valence-corrected chi connectivity index (χ0v) is 12.9. The SMILES string of the molecule is Cc1cc(Cl)ccc1OC(C)C(=O)N1CCNC(=O)CC1. The van der Waals surface area contributed by atoms with Crippen molar-refractivity contribution in [3.63, 3.8) is 0 Å². The van der Waals surface area contributed by atoms with Gasteiger partial charge in [-0.3, -0.25) is 9.59 Å². The molecular formula is C15H19ClN2O3. The monoisotopic (exact) mass is 310 g/mol. The molecule has 1 N–H and O–H groups in total. The number of rotatable bonds is 3. The van der Waals surface area contributed by atoms with E-state index in [9.17, 15) is 9.59 Å². The Morgan fingerprint density at radius 2 is 2.19 bits per heavy atom. The second-order valence-electron chi connectivity index (χ2n) is 5.10. The highest BCUT2D eigenvalue weighted by Crippen LogP contribution is 2.23.